The third kappa shape index (κ3) is 3.03. The van der Waals surface area contributed by atoms with Gasteiger partial charge < -0.3 is 10.2 Å². The Balaban J connectivity index is 1.37. The molecular weight excluding hydrogens is 306 g/mol. The van der Waals surface area contributed by atoms with E-state index in [1.807, 2.05) is 0 Å². The van der Waals surface area contributed by atoms with Gasteiger partial charge in [-0.2, -0.15) is 0 Å². The number of hydrogen-bond acceptors (Lipinski definition) is 2. The van der Waals surface area contributed by atoms with Gasteiger partial charge >= 0.3 is 0 Å². The highest BCUT2D eigenvalue weighted by molar-refractivity contribution is 5.47. The van der Waals surface area contributed by atoms with Crippen LogP contribution in [0.25, 0.3) is 0 Å². The van der Waals surface area contributed by atoms with Gasteiger partial charge in [-0.1, -0.05) is 30.3 Å². The first kappa shape index (κ1) is 15.6. The van der Waals surface area contributed by atoms with Gasteiger partial charge in [-0.3, -0.25) is 0 Å². The van der Waals surface area contributed by atoms with Crippen LogP contribution in [0.1, 0.15) is 31.2 Å². The van der Waals surface area contributed by atoms with Crippen molar-refractivity contribution in [2.75, 3.05) is 18.0 Å². The number of rotatable bonds is 4. The third-order valence-electron chi connectivity index (χ3n) is 5.32. The minimum absolute atomic E-state index is 0.163. The van der Waals surface area contributed by atoms with Crippen LogP contribution in [0.4, 0.5) is 14.5 Å². The first-order valence-corrected chi connectivity index (χ1v) is 8.70. The molecule has 4 heteroatoms. The Morgan fingerprint density at radius 2 is 1.62 bits per heavy atom. The molecule has 126 valence electrons. The van der Waals surface area contributed by atoms with E-state index in [2.05, 4.69) is 40.5 Å². The fourth-order valence-electron chi connectivity index (χ4n) is 3.75. The summed E-state index contributed by atoms with van der Waals surface area (Å²) in [7, 11) is 0. The summed E-state index contributed by atoms with van der Waals surface area (Å²) in [5.74, 6) is -1.55. The summed E-state index contributed by atoms with van der Waals surface area (Å²) in [5.41, 5.74) is 2.32. The molecule has 2 aromatic carbocycles. The molecule has 2 fully saturated rings. The van der Waals surface area contributed by atoms with Crippen molar-refractivity contribution in [3.63, 3.8) is 0 Å². The predicted octanol–water partition coefficient (Wildman–Crippen LogP) is 4.21. The summed E-state index contributed by atoms with van der Waals surface area (Å²) in [6.45, 7) is 1.74. The van der Waals surface area contributed by atoms with Crippen molar-refractivity contribution in [3.8, 4) is 0 Å². The maximum absolute atomic E-state index is 13.4. The van der Waals surface area contributed by atoms with E-state index in [0.717, 1.165) is 31.6 Å². The molecule has 0 atom stereocenters. The van der Waals surface area contributed by atoms with E-state index < -0.39 is 11.6 Å². The standard InChI is InChI=1S/C20H22F2N2/c21-18-7-6-17(14-19(18)22)24-12-8-16(9-13-24)23-20(10-11-20)15-4-2-1-3-5-15/h1-7,14,16,23H,8-13H2. The van der Waals surface area contributed by atoms with Crippen molar-refractivity contribution in [3.05, 3.63) is 65.7 Å². The summed E-state index contributed by atoms with van der Waals surface area (Å²) in [6, 6.07) is 15.3. The van der Waals surface area contributed by atoms with Gasteiger partial charge in [0.2, 0.25) is 0 Å². The number of nitrogens with zero attached hydrogens (tertiary/aromatic N) is 1. The van der Waals surface area contributed by atoms with Gasteiger partial charge in [0, 0.05) is 36.4 Å². The van der Waals surface area contributed by atoms with Crippen molar-refractivity contribution >= 4 is 5.69 Å². The van der Waals surface area contributed by atoms with Gasteiger partial charge in [-0.15, -0.1) is 0 Å². The highest BCUT2D eigenvalue weighted by Gasteiger charge is 2.45. The SMILES string of the molecule is Fc1ccc(N2CCC(NC3(c4ccccc4)CC3)CC2)cc1F. The summed E-state index contributed by atoms with van der Waals surface area (Å²) in [5, 5.41) is 3.85. The van der Waals surface area contributed by atoms with E-state index in [0.29, 0.717) is 6.04 Å². The number of halogens is 2. The highest BCUT2D eigenvalue weighted by atomic mass is 19.2. The Morgan fingerprint density at radius 3 is 2.25 bits per heavy atom. The molecule has 1 N–H and O–H groups in total. The molecule has 1 aliphatic carbocycles. The zero-order valence-corrected chi connectivity index (χ0v) is 13.6. The molecule has 2 aliphatic rings. The van der Waals surface area contributed by atoms with Crippen LogP contribution in [0.15, 0.2) is 48.5 Å². The van der Waals surface area contributed by atoms with E-state index in [1.54, 1.807) is 6.07 Å². The largest absolute Gasteiger partial charge is 0.371 e. The molecule has 4 rings (SSSR count). The molecule has 0 spiro atoms. The lowest BCUT2D eigenvalue weighted by atomic mass is 9.99. The van der Waals surface area contributed by atoms with Crippen LogP contribution in [-0.4, -0.2) is 19.1 Å². The molecule has 2 aromatic rings. The van der Waals surface area contributed by atoms with Gasteiger partial charge in [0.1, 0.15) is 0 Å². The second-order valence-corrected chi connectivity index (χ2v) is 6.95. The zero-order valence-electron chi connectivity index (χ0n) is 13.6. The molecule has 1 heterocycles. The van der Waals surface area contributed by atoms with E-state index in [-0.39, 0.29) is 5.54 Å². The Labute approximate surface area is 141 Å². The van der Waals surface area contributed by atoms with E-state index >= 15 is 0 Å². The van der Waals surface area contributed by atoms with E-state index in [9.17, 15) is 8.78 Å². The predicted molar refractivity (Wildman–Crippen MR) is 92.1 cm³/mol. The van der Waals surface area contributed by atoms with Crippen molar-refractivity contribution in [2.45, 2.75) is 37.3 Å². The van der Waals surface area contributed by atoms with E-state index in [1.165, 1.54) is 30.5 Å². The normalized spacial score (nSPS) is 20.2. The fourth-order valence-corrected chi connectivity index (χ4v) is 3.75. The molecular formula is C20H22F2N2. The maximum Gasteiger partial charge on any atom is 0.160 e. The Morgan fingerprint density at radius 1 is 0.917 bits per heavy atom. The van der Waals surface area contributed by atoms with Crippen LogP contribution in [0.2, 0.25) is 0 Å². The molecule has 0 aromatic heterocycles. The fraction of sp³-hybridized carbons (Fsp3) is 0.400. The van der Waals surface area contributed by atoms with Gasteiger partial charge in [-0.05, 0) is 43.4 Å². The van der Waals surface area contributed by atoms with Crippen molar-refractivity contribution in [1.29, 1.82) is 0 Å². The van der Waals surface area contributed by atoms with Crippen LogP contribution in [0.3, 0.4) is 0 Å². The van der Waals surface area contributed by atoms with Crippen LogP contribution in [-0.2, 0) is 5.54 Å². The number of hydrogen-bond donors (Lipinski definition) is 1. The molecule has 0 bridgehead atoms. The number of piperidine rings is 1. The summed E-state index contributed by atoms with van der Waals surface area (Å²) in [6.07, 6.45) is 4.43. The first-order valence-electron chi connectivity index (χ1n) is 8.70. The molecule has 1 aliphatic heterocycles. The van der Waals surface area contributed by atoms with Gasteiger partial charge in [0.25, 0.3) is 0 Å². The quantitative estimate of drug-likeness (QED) is 0.904. The summed E-state index contributed by atoms with van der Waals surface area (Å²) in [4.78, 5) is 2.14. The molecule has 1 saturated heterocycles. The molecule has 0 unspecified atom stereocenters. The lowest BCUT2D eigenvalue weighted by molar-refractivity contribution is 0.357. The monoisotopic (exact) mass is 328 g/mol. The third-order valence-corrected chi connectivity index (χ3v) is 5.32. The van der Waals surface area contributed by atoms with Crippen molar-refractivity contribution < 1.29 is 8.78 Å². The Kier molecular flexibility index (Phi) is 4.01. The minimum atomic E-state index is -0.783. The van der Waals surface area contributed by atoms with Crippen molar-refractivity contribution in [1.82, 2.24) is 5.32 Å². The molecule has 0 amide bonds. The Bertz CT molecular complexity index is 705. The Hall–Kier alpha value is -1.94. The average Bonchev–Trinajstić information content (AvgIpc) is 3.40. The average molecular weight is 328 g/mol. The number of nitrogens with one attached hydrogen (secondary N) is 1. The van der Waals surface area contributed by atoms with Crippen LogP contribution in [0.5, 0.6) is 0 Å². The molecule has 0 radical (unpaired) electrons. The van der Waals surface area contributed by atoms with E-state index in [4.69, 9.17) is 0 Å². The summed E-state index contributed by atoms with van der Waals surface area (Å²) < 4.78 is 26.5. The number of anilines is 1. The van der Waals surface area contributed by atoms with Crippen LogP contribution < -0.4 is 10.2 Å². The first-order chi connectivity index (χ1) is 11.7. The van der Waals surface area contributed by atoms with Gasteiger partial charge in [0.05, 0.1) is 0 Å². The molecule has 24 heavy (non-hydrogen) atoms. The second-order valence-electron chi connectivity index (χ2n) is 6.95. The number of benzene rings is 2. The lowest BCUT2D eigenvalue weighted by Gasteiger charge is -2.36. The molecule has 2 nitrogen and oxygen atoms in total. The van der Waals surface area contributed by atoms with Crippen molar-refractivity contribution in [2.24, 2.45) is 0 Å². The topological polar surface area (TPSA) is 15.3 Å². The minimum Gasteiger partial charge on any atom is -0.371 e. The van der Waals surface area contributed by atoms with Crippen LogP contribution in [0, 0.1) is 11.6 Å². The van der Waals surface area contributed by atoms with Crippen LogP contribution >= 0.6 is 0 Å². The summed E-state index contributed by atoms with van der Waals surface area (Å²) >= 11 is 0. The van der Waals surface area contributed by atoms with Gasteiger partial charge in [0.15, 0.2) is 11.6 Å². The maximum atomic E-state index is 13.4. The van der Waals surface area contributed by atoms with Gasteiger partial charge in [-0.25, -0.2) is 8.78 Å². The smallest absolute Gasteiger partial charge is 0.160 e. The highest BCUT2D eigenvalue weighted by Crippen LogP contribution is 2.46. The molecule has 1 saturated carbocycles. The second kappa shape index (κ2) is 6.17. The zero-order chi connectivity index (χ0) is 16.6. The lowest BCUT2D eigenvalue weighted by Crippen LogP contribution is -2.46.